The number of ether oxygens (including phenoxy) is 1. The minimum absolute atomic E-state index is 0.156. The highest BCUT2D eigenvalue weighted by molar-refractivity contribution is 6.30. The molecule has 0 heterocycles. The Morgan fingerprint density at radius 1 is 1.48 bits per heavy atom. The van der Waals surface area contributed by atoms with Crippen molar-refractivity contribution < 1.29 is 9.53 Å². The predicted molar refractivity (Wildman–Crippen MR) is 86.6 cm³/mol. The third-order valence-corrected chi connectivity index (χ3v) is 4.37. The lowest BCUT2D eigenvalue weighted by molar-refractivity contribution is -0.145. The number of hydrogen-bond donors (Lipinski definition) is 1. The van der Waals surface area contributed by atoms with Gasteiger partial charge in [-0.3, -0.25) is 0 Å². The molecular weight excluding hydrogens is 286 g/mol. The van der Waals surface area contributed by atoms with E-state index < -0.39 is 0 Å². The van der Waals surface area contributed by atoms with Crippen LogP contribution in [-0.2, 0) is 9.53 Å². The maximum absolute atomic E-state index is 12.3. The average Bonchev–Trinajstić information content (AvgIpc) is 2.45. The summed E-state index contributed by atoms with van der Waals surface area (Å²) in [6, 6.07) is 7.21. The summed E-state index contributed by atoms with van der Waals surface area (Å²) < 4.78 is 5.26. The minimum atomic E-state index is -0.286. The molecule has 3 atom stereocenters. The fourth-order valence-corrected chi connectivity index (χ4v) is 3.33. The monoisotopic (exact) mass is 309 g/mol. The normalized spacial score (nSPS) is 23.4. The quantitative estimate of drug-likeness (QED) is 0.813. The van der Waals surface area contributed by atoms with Crippen molar-refractivity contribution in [2.45, 2.75) is 45.6 Å². The van der Waals surface area contributed by atoms with Crippen LogP contribution in [0, 0.1) is 11.8 Å². The molecule has 1 fully saturated rings. The van der Waals surface area contributed by atoms with Gasteiger partial charge >= 0.3 is 5.97 Å². The molecule has 2 rings (SSSR count). The Morgan fingerprint density at radius 3 is 2.95 bits per heavy atom. The first kappa shape index (κ1) is 16.2. The standard InChI is InChI=1S/C17H24ClNO2/c1-3-21-17(20)16(13-7-4-6-12(2)10-13)19-15-9-5-8-14(18)11-15/h5,8-9,11-13,16,19H,3-4,6-7,10H2,1-2H3. The fourth-order valence-electron chi connectivity index (χ4n) is 3.14. The van der Waals surface area contributed by atoms with Crippen molar-refractivity contribution in [2.75, 3.05) is 11.9 Å². The SMILES string of the molecule is CCOC(=O)C(Nc1cccc(Cl)c1)C1CCCC(C)C1. The highest BCUT2D eigenvalue weighted by Gasteiger charge is 2.32. The van der Waals surface area contributed by atoms with Gasteiger partial charge in [-0.05, 0) is 49.8 Å². The molecular formula is C17H24ClNO2. The van der Waals surface area contributed by atoms with Crippen LogP contribution in [0.3, 0.4) is 0 Å². The molecule has 1 aliphatic carbocycles. The highest BCUT2D eigenvalue weighted by Crippen LogP contribution is 2.32. The van der Waals surface area contributed by atoms with Crippen LogP contribution >= 0.6 is 11.6 Å². The minimum Gasteiger partial charge on any atom is -0.464 e. The molecule has 3 unspecified atom stereocenters. The van der Waals surface area contributed by atoms with Crippen LogP contribution in [0.4, 0.5) is 5.69 Å². The van der Waals surface area contributed by atoms with Gasteiger partial charge in [0.25, 0.3) is 0 Å². The lowest BCUT2D eigenvalue weighted by atomic mass is 9.78. The molecule has 3 nitrogen and oxygen atoms in total. The van der Waals surface area contributed by atoms with Gasteiger partial charge in [0.2, 0.25) is 0 Å². The van der Waals surface area contributed by atoms with Crippen LogP contribution in [0.5, 0.6) is 0 Å². The van der Waals surface area contributed by atoms with Crippen molar-refractivity contribution in [1.82, 2.24) is 0 Å². The Morgan fingerprint density at radius 2 is 2.29 bits per heavy atom. The van der Waals surface area contributed by atoms with Crippen molar-refractivity contribution in [3.8, 4) is 0 Å². The first-order valence-electron chi connectivity index (χ1n) is 7.79. The van der Waals surface area contributed by atoms with Crippen molar-refractivity contribution in [2.24, 2.45) is 11.8 Å². The molecule has 4 heteroatoms. The molecule has 1 aromatic rings. The van der Waals surface area contributed by atoms with E-state index in [1.165, 1.54) is 12.8 Å². The van der Waals surface area contributed by atoms with E-state index in [4.69, 9.17) is 16.3 Å². The second-order valence-corrected chi connectivity index (χ2v) is 6.35. The molecule has 0 amide bonds. The van der Waals surface area contributed by atoms with Gasteiger partial charge < -0.3 is 10.1 Å². The van der Waals surface area contributed by atoms with Gasteiger partial charge in [0, 0.05) is 10.7 Å². The lowest BCUT2D eigenvalue weighted by Gasteiger charge is -2.32. The van der Waals surface area contributed by atoms with Gasteiger partial charge in [-0.15, -0.1) is 0 Å². The van der Waals surface area contributed by atoms with Gasteiger partial charge in [0.15, 0.2) is 0 Å². The van der Waals surface area contributed by atoms with Gasteiger partial charge in [0.05, 0.1) is 6.61 Å². The molecule has 1 saturated carbocycles. The van der Waals surface area contributed by atoms with Gasteiger partial charge in [-0.2, -0.15) is 0 Å². The maximum atomic E-state index is 12.3. The molecule has 0 radical (unpaired) electrons. The first-order chi connectivity index (χ1) is 10.1. The number of anilines is 1. The van der Waals surface area contributed by atoms with Crippen LogP contribution in [0.1, 0.15) is 39.5 Å². The Bertz CT molecular complexity index is 478. The second-order valence-electron chi connectivity index (χ2n) is 5.92. The predicted octanol–water partition coefficient (Wildman–Crippen LogP) is 4.51. The molecule has 1 aromatic carbocycles. The van der Waals surface area contributed by atoms with E-state index in [1.54, 1.807) is 0 Å². The number of benzene rings is 1. The summed E-state index contributed by atoms with van der Waals surface area (Å²) in [5, 5.41) is 4.00. The Kier molecular flexibility index (Phi) is 5.92. The third-order valence-electron chi connectivity index (χ3n) is 4.14. The summed E-state index contributed by atoms with van der Waals surface area (Å²) >= 11 is 6.02. The van der Waals surface area contributed by atoms with E-state index >= 15 is 0 Å². The summed E-state index contributed by atoms with van der Waals surface area (Å²) in [5.74, 6) is 0.838. The average molecular weight is 310 g/mol. The van der Waals surface area contributed by atoms with Crippen LogP contribution in [0.2, 0.25) is 5.02 Å². The van der Waals surface area contributed by atoms with Crippen LogP contribution in [0.15, 0.2) is 24.3 Å². The summed E-state index contributed by atoms with van der Waals surface area (Å²) in [5.41, 5.74) is 0.874. The van der Waals surface area contributed by atoms with E-state index in [0.717, 1.165) is 18.5 Å². The van der Waals surface area contributed by atoms with E-state index in [2.05, 4.69) is 12.2 Å². The topological polar surface area (TPSA) is 38.3 Å². The van der Waals surface area contributed by atoms with Gasteiger partial charge in [-0.25, -0.2) is 4.79 Å². The molecule has 21 heavy (non-hydrogen) atoms. The van der Waals surface area contributed by atoms with Crippen molar-refractivity contribution in [3.63, 3.8) is 0 Å². The number of hydrogen-bond acceptors (Lipinski definition) is 3. The fraction of sp³-hybridized carbons (Fsp3) is 0.588. The third kappa shape index (κ3) is 4.63. The summed E-state index contributed by atoms with van der Waals surface area (Å²) in [7, 11) is 0. The van der Waals surface area contributed by atoms with Crippen LogP contribution in [-0.4, -0.2) is 18.6 Å². The maximum Gasteiger partial charge on any atom is 0.328 e. The smallest absolute Gasteiger partial charge is 0.328 e. The van der Waals surface area contributed by atoms with Crippen molar-refractivity contribution in [1.29, 1.82) is 0 Å². The zero-order valence-electron chi connectivity index (χ0n) is 12.8. The number of esters is 1. The van der Waals surface area contributed by atoms with Crippen molar-refractivity contribution >= 4 is 23.3 Å². The molecule has 0 aromatic heterocycles. The summed E-state index contributed by atoms with van der Waals surface area (Å²) in [4.78, 5) is 12.3. The van der Waals surface area contributed by atoms with Crippen LogP contribution in [0.25, 0.3) is 0 Å². The molecule has 0 bridgehead atoms. The lowest BCUT2D eigenvalue weighted by Crippen LogP contribution is -2.40. The van der Waals surface area contributed by atoms with Gasteiger partial charge in [-0.1, -0.05) is 37.4 Å². The zero-order chi connectivity index (χ0) is 15.2. The molecule has 116 valence electrons. The molecule has 0 saturated heterocycles. The molecule has 1 aliphatic rings. The molecule has 0 spiro atoms. The number of halogens is 1. The second kappa shape index (κ2) is 7.69. The molecule has 1 N–H and O–H groups in total. The largest absolute Gasteiger partial charge is 0.464 e. The number of rotatable bonds is 5. The van der Waals surface area contributed by atoms with Crippen molar-refractivity contribution in [3.05, 3.63) is 29.3 Å². The number of carbonyl (C=O) groups excluding carboxylic acids is 1. The Labute approximate surface area is 132 Å². The molecule has 0 aliphatic heterocycles. The van der Waals surface area contributed by atoms with E-state index in [9.17, 15) is 4.79 Å². The van der Waals surface area contributed by atoms with Crippen LogP contribution < -0.4 is 5.32 Å². The van der Waals surface area contributed by atoms with E-state index in [0.29, 0.717) is 23.5 Å². The highest BCUT2D eigenvalue weighted by atomic mass is 35.5. The Hall–Kier alpha value is -1.22. The Balaban J connectivity index is 2.13. The summed E-state index contributed by atoms with van der Waals surface area (Å²) in [6.07, 6.45) is 4.57. The number of carbonyl (C=O) groups is 1. The zero-order valence-corrected chi connectivity index (χ0v) is 13.5. The van der Waals surface area contributed by atoms with Gasteiger partial charge in [0.1, 0.15) is 6.04 Å². The van der Waals surface area contributed by atoms with E-state index in [1.807, 2.05) is 31.2 Å². The number of nitrogens with one attached hydrogen (secondary N) is 1. The summed E-state index contributed by atoms with van der Waals surface area (Å²) in [6.45, 7) is 4.51. The first-order valence-corrected chi connectivity index (χ1v) is 8.16. The van der Waals surface area contributed by atoms with E-state index in [-0.39, 0.29) is 12.0 Å².